The van der Waals surface area contributed by atoms with Crippen molar-refractivity contribution in [3.05, 3.63) is 42.0 Å². The van der Waals surface area contributed by atoms with Gasteiger partial charge in [-0.15, -0.1) is 0 Å². The van der Waals surface area contributed by atoms with Gasteiger partial charge >= 0.3 is 0 Å². The average Bonchev–Trinajstić information content (AvgIpc) is 2.42. The second-order valence-electron chi connectivity index (χ2n) is 4.71. The maximum absolute atomic E-state index is 11.2. The van der Waals surface area contributed by atoms with Crippen molar-refractivity contribution in [1.82, 2.24) is 9.97 Å². The number of rotatable bonds is 3. The standard InChI is InChI=1S/C14H13N3O3S/c1-20-10-3-5-12-14(7-10)17-13-6-9(8-21(15,18)19)2-4-11(13)16-12/h2-7H,8H2,1H3,(H2,15,18,19). The Kier molecular flexibility index (Phi) is 3.23. The topological polar surface area (TPSA) is 95.2 Å². The molecule has 0 saturated heterocycles. The highest BCUT2D eigenvalue weighted by molar-refractivity contribution is 7.88. The lowest BCUT2D eigenvalue weighted by atomic mass is 10.2. The second kappa shape index (κ2) is 4.94. The molecule has 1 aromatic heterocycles. The summed E-state index contributed by atoms with van der Waals surface area (Å²) in [5, 5.41) is 5.06. The first-order valence-electron chi connectivity index (χ1n) is 6.19. The molecule has 0 atom stereocenters. The molecule has 3 rings (SSSR count). The summed E-state index contributed by atoms with van der Waals surface area (Å²) in [6.45, 7) is 0. The number of hydrogen-bond donors (Lipinski definition) is 1. The van der Waals surface area contributed by atoms with E-state index in [1.165, 1.54) is 0 Å². The number of benzene rings is 2. The van der Waals surface area contributed by atoms with Crippen molar-refractivity contribution in [2.75, 3.05) is 7.11 Å². The summed E-state index contributed by atoms with van der Waals surface area (Å²) in [6.07, 6.45) is 0. The third kappa shape index (κ3) is 2.93. The van der Waals surface area contributed by atoms with Crippen LogP contribution in [-0.4, -0.2) is 25.5 Å². The molecular weight excluding hydrogens is 290 g/mol. The van der Waals surface area contributed by atoms with Gasteiger partial charge < -0.3 is 4.74 Å². The molecule has 0 aliphatic carbocycles. The van der Waals surface area contributed by atoms with E-state index >= 15 is 0 Å². The van der Waals surface area contributed by atoms with Crippen molar-refractivity contribution in [2.24, 2.45) is 5.14 Å². The summed E-state index contributed by atoms with van der Waals surface area (Å²) in [5.41, 5.74) is 3.35. The highest BCUT2D eigenvalue weighted by atomic mass is 32.2. The number of fused-ring (bicyclic) bond motifs is 2. The van der Waals surface area contributed by atoms with E-state index in [1.807, 2.05) is 12.1 Å². The van der Waals surface area contributed by atoms with Gasteiger partial charge in [0, 0.05) is 6.07 Å². The van der Waals surface area contributed by atoms with Gasteiger partial charge in [-0.25, -0.2) is 23.5 Å². The number of nitrogens with two attached hydrogens (primary N) is 1. The third-order valence-electron chi connectivity index (χ3n) is 3.07. The number of methoxy groups -OCH3 is 1. The lowest BCUT2D eigenvalue weighted by Gasteiger charge is -2.05. The first-order chi connectivity index (χ1) is 9.94. The fraction of sp³-hybridized carbons (Fsp3) is 0.143. The summed E-state index contributed by atoms with van der Waals surface area (Å²) in [7, 11) is -1.98. The molecule has 0 radical (unpaired) electrons. The lowest BCUT2D eigenvalue weighted by Crippen LogP contribution is -2.14. The van der Waals surface area contributed by atoms with E-state index in [2.05, 4.69) is 9.97 Å². The Morgan fingerprint density at radius 1 is 1.00 bits per heavy atom. The van der Waals surface area contributed by atoms with Crippen LogP contribution >= 0.6 is 0 Å². The molecule has 108 valence electrons. The minimum Gasteiger partial charge on any atom is -0.497 e. The van der Waals surface area contributed by atoms with Crippen LogP contribution in [0.4, 0.5) is 0 Å². The van der Waals surface area contributed by atoms with Crippen LogP contribution in [0.25, 0.3) is 22.1 Å². The van der Waals surface area contributed by atoms with Crippen molar-refractivity contribution >= 4 is 32.1 Å². The van der Waals surface area contributed by atoms with E-state index in [-0.39, 0.29) is 5.75 Å². The highest BCUT2D eigenvalue weighted by Gasteiger charge is 2.08. The van der Waals surface area contributed by atoms with Crippen LogP contribution in [0.15, 0.2) is 36.4 Å². The summed E-state index contributed by atoms with van der Waals surface area (Å²) in [6, 6.07) is 10.6. The molecule has 2 aromatic carbocycles. The van der Waals surface area contributed by atoms with Gasteiger partial charge in [0.15, 0.2) is 0 Å². The van der Waals surface area contributed by atoms with E-state index in [4.69, 9.17) is 9.88 Å². The fourth-order valence-corrected chi connectivity index (χ4v) is 2.79. The van der Waals surface area contributed by atoms with Crippen LogP contribution < -0.4 is 9.88 Å². The zero-order valence-electron chi connectivity index (χ0n) is 11.3. The molecule has 0 amide bonds. The van der Waals surface area contributed by atoms with Gasteiger partial charge in [0.05, 0.1) is 34.9 Å². The summed E-state index contributed by atoms with van der Waals surface area (Å²) in [4.78, 5) is 8.99. The molecule has 0 bridgehead atoms. The summed E-state index contributed by atoms with van der Waals surface area (Å²) < 4.78 is 27.5. The number of primary sulfonamides is 1. The monoisotopic (exact) mass is 303 g/mol. The van der Waals surface area contributed by atoms with Gasteiger partial charge in [-0.05, 0) is 29.8 Å². The Morgan fingerprint density at radius 2 is 1.62 bits per heavy atom. The molecule has 21 heavy (non-hydrogen) atoms. The molecule has 6 nitrogen and oxygen atoms in total. The second-order valence-corrected chi connectivity index (χ2v) is 6.32. The number of nitrogens with zero attached hydrogens (tertiary/aromatic N) is 2. The van der Waals surface area contributed by atoms with Gasteiger partial charge in [0.25, 0.3) is 0 Å². The molecule has 0 spiro atoms. The first-order valence-corrected chi connectivity index (χ1v) is 7.91. The molecule has 0 aliphatic heterocycles. The van der Waals surface area contributed by atoms with Crippen molar-refractivity contribution in [1.29, 1.82) is 0 Å². The quantitative estimate of drug-likeness (QED) is 0.741. The normalized spacial score (nSPS) is 11.9. The largest absolute Gasteiger partial charge is 0.497 e. The Morgan fingerprint density at radius 3 is 2.29 bits per heavy atom. The molecule has 2 N–H and O–H groups in total. The SMILES string of the molecule is COc1ccc2nc3ccc(CS(N)(=O)=O)cc3nc2c1. The fourth-order valence-electron chi connectivity index (χ4n) is 2.15. The van der Waals surface area contributed by atoms with E-state index in [1.54, 1.807) is 31.4 Å². The Hall–Kier alpha value is -2.25. The van der Waals surface area contributed by atoms with Crippen molar-refractivity contribution in [3.8, 4) is 5.75 Å². The molecule has 0 fully saturated rings. The van der Waals surface area contributed by atoms with Gasteiger partial charge in [-0.1, -0.05) is 6.07 Å². The summed E-state index contributed by atoms with van der Waals surface area (Å²) >= 11 is 0. The van der Waals surface area contributed by atoms with Crippen molar-refractivity contribution in [2.45, 2.75) is 5.75 Å². The van der Waals surface area contributed by atoms with E-state index in [0.717, 1.165) is 5.52 Å². The smallest absolute Gasteiger partial charge is 0.213 e. The first kappa shape index (κ1) is 13.7. The minimum absolute atomic E-state index is 0.221. The Balaban J connectivity index is 2.17. The predicted molar refractivity (Wildman–Crippen MR) is 80.4 cm³/mol. The molecule has 3 aromatic rings. The zero-order valence-corrected chi connectivity index (χ0v) is 12.1. The molecule has 0 aliphatic rings. The Labute approximate surface area is 121 Å². The number of aromatic nitrogens is 2. The van der Waals surface area contributed by atoms with Crippen LogP contribution in [-0.2, 0) is 15.8 Å². The Bertz CT molecular complexity index is 939. The zero-order chi connectivity index (χ0) is 15.0. The molecule has 7 heteroatoms. The van der Waals surface area contributed by atoms with Crippen LogP contribution in [0.5, 0.6) is 5.75 Å². The number of ether oxygens (including phenoxy) is 1. The van der Waals surface area contributed by atoms with Crippen LogP contribution in [0.1, 0.15) is 5.56 Å². The molecular formula is C14H13N3O3S. The minimum atomic E-state index is -3.57. The highest BCUT2D eigenvalue weighted by Crippen LogP contribution is 2.21. The van der Waals surface area contributed by atoms with E-state index in [0.29, 0.717) is 27.9 Å². The third-order valence-corrected chi connectivity index (χ3v) is 3.81. The van der Waals surface area contributed by atoms with Crippen LogP contribution in [0.2, 0.25) is 0 Å². The van der Waals surface area contributed by atoms with E-state index < -0.39 is 10.0 Å². The van der Waals surface area contributed by atoms with Gasteiger partial charge in [-0.3, -0.25) is 0 Å². The van der Waals surface area contributed by atoms with Gasteiger partial charge in [0.2, 0.25) is 10.0 Å². The average molecular weight is 303 g/mol. The van der Waals surface area contributed by atoms with Gasteiger partial charge in [-0.2, -0.15) is 0 Å². The van der Waals surface area contributed by atoms with Crippen molar-refractivity contribution < 1.29 is 13.2 Å². The predicted octanol–water partition coefficient (Wildman–Crippen LogP) is 1.58. The summed E-state index contributed by atoms with van der Waals surface area (Å²) in [5.74, 6) is 0.470. The number of hydrogen-bond acceptors (Lipinski definition) is 5. The van der Waals surface area contributed by atoms with E-state index in [9.17, 15) is 8.42 Å². The van der Waals surface area contributed by atoms with Crippen molar-refractivity contribution in [3.63, 3.8) is 0 Å². The van der Waals surface area contributed by atoms with Gasteiger partial charge in [0.1, 0.15) is 5.75 Å². The van der Waals surface area contributed by atoms with Crippen LogP contribution in [0.3, 0.4) is 0 Å². The molecule has 1 heterocycles. The lowest BCUT2D eigenvalue weighted by molar-refractivity contribution is 0.415. The van der Waals surface area contributed by atoms with Crippen LogP contribution in [0, 0.1) is 0 Å². The number of sulfonamides is 1. The maximum Gasteiger partial charge on any atom is 0.213 e. The molecule has 0 unspecified atom stereocenters. The molecule has 0 saturated carbocycles. The maximum atomic E-state index is 11.2.